The number of rotatable bonds is 74. The summed E-state index contributed by atoms with van der Waals surface area (Å²) in [4.78, 5) is 37.6. The molecule has 0 aromatic carbocycles. The van der Waals surface area contributed by atoms with Crippen molar-refractivity contribution in [2.24, 2.45) is 0 Å². The minimum atomic E-state index is -1.62. The Kier molecular flexibility index (Phi) is 69.4. The summed E-state index contributed by atoms with van der Waals surface area (Å²) in [6.45, 7) is 4.81. The molecular weight excluding hydrogens is 1100 g/mol. The summed E-state index contributed by atoms with van der Waals surface area (Å²) < 4.78 is 22.9. The van der Waals surface area contributed by atoms with E-state index in [4.69, 9.17) is 18.9 Å². The molecule has 0 aromatic rings. The van der Waals surface area contributed by atoms with E-state index in [-0.39, 0.29) is 32.2 Å². The van der Waals surface area contributed by atoms with Gasteiger partial charge in [-0.1, -0.05) is 352 Å². The molecule has 2 atom stereocenters. The Morgan fingerprint density at radius 3 is 0.899 bits per heavy atom. The smallest absolute Gasteiger partial charge is 0.306 e. The molecule has 0 saturated carbocycles. The van der Waals surface area contributed by atoms with Gasteiger partial charge in [0.2, 0.25) is 0 Å². The van der Waals surface area contributed by atoms with Crippen LogP contribution in [0.1, 0.15) is 399 Å². The van der Waals surface area contributed by atoms with Crippen LogP contribution >= 0.6 is 0 Å². The number of allylic oxidation sites excluding steroid dienone is 6. The van der Waals surface area contributed by atoms with Crippen molar-refractivity contribution in [3.63, 3.8) is 0 Å². The molecule has 0 amide bonds. The van der Waals surface area contributed by atoms with Crippen LogP contribution in [0.15, 0.2) is 36.5 Å². The standard InChI is InChI=1S/C80H151NO8/c1-6-8-10-12-14-16-18-20-22-24-26-28-30-32-34-35-36-37-38-39-40-41-42-43-45-46-48-50-52-54-56-58-60-62-64-66-68-70-77(82)87-74-76(75-88-80(79(84)85)86-73-72-81(3,4)5)89-78(83)71-69-67-65-63-61-59-57-55-53-51-49-47-44-33-31-29-27-25-23-21-19-17-15-13-11-9-7-2/h19,21,24-27,76,80H,6-18,20,22-23,28-75H2,1-5H3/b21-19-,26-24-,27-25-. The molecule has 9 nitrogen and oxygen atoms in total. The van der Waals surface area contributed by atoms with E-state index in [0.717, 1.165) is 38.5 Å². The maximum atomic E-state index is 13.0. The minimum Gasteiger partial charge on any atom is -0.545 e. The van der Waals surface area contributed by atoms with Crippen LogP contribution in [-0.4, -0.2) is 82.3 Å². The molecule has 0 bridgehead atoms. The van der Waals surface area contributed by atoms with Crippen LogP contribution in [0.3, 0.4) is 0 Å². The molecule has 0 aliphatic heterocycles. The molecule has 0 saturated heterocycles. The Balaban J connectivity index is 3.97. The maximum Gasteiger partial charge on any atom is 0.306 e. The first kappa shape index (κ1) is 86.5. The molecule has 0 radical (unpaired) electrons. The molecule has 0 aromatic heterocycles. The molecule has 89 heavy (non-hydrogen) atoms. The zero-order valence-electron chi connectivity index (χ0n) is 60.1. The van der Waals surface area contributed by atoms with Crippen molar-refractivity contribution in [2.75, 3.05) is 47.5 Å². The van der Waals surface area contributed by atoms with E-state index in [2.05, 4.69) is 50.3 Å². The van der Waals surface area contributed by atoms with E-state index in [1.807, 2.05) is 21.1 Å². The number of quaternary nitrogens is 1. The lowest BCUT2D eigenvalue weighted by molar-refractivity contribution is -0.870. The van der Waals surface area contributed by atoms with Crippen molar-refractivity contribution in [1.29, 1.82) is 0 Å². The van der Waals surface area contributed by atoms with Gasteiger partial charge in [-0.15, -0.1) is 0 Å². The van der Waals surface area contributed by atoms with Crippen molar-refractivity contribution in [2.45, 2.75) is 411 Å². The fourth-order valence-corrected chi connectivity index (χ4v) is 11.9. The Labute approximate surface area is 553 Å². The lowest BCUT2D eigenvalue weighted by Crippen LogP contribution is -2.44. The number of carboxylic acid groups (broad SMARTS) is 1. The number of aliphatic carboxylic acids is 1. The molecule has 9 heteroatoms. The van der Waals surface area contributed by atoms with Crippen molar-refractivity contribution >= 4 is 17.9 Å². The predicted octanol–water partition coefficient (Wildman–Crippen LogP) is 23.4. The molecule has 524 valence electrons. The summed E-state index contributed by atoms with van der Waals surface area (Å²) in [7, 11) is 5.95. The summed E-state index contributed by atoms with van der Waals surface area (Å²) in [5, 5.41) is 11.8. The molecule has 0 aliphatic carbocycles. The summed E-state index contributed by atoms with van der Waals surface area (Å²) in [5.74, 6) is -2.25. The van der Waals surface area contributed by atoms with Gasteiger partial charge in [0.25, 0.3) is 0 Å². The lowest BCUT2D eigenvalue weighted by Gasteiger charge is -2.26. The van der Waals surface area contributed by atoms with Gasteiger partial charge in [-0.05, 0) is 70.6 Å². The molecule has 0 spiro atoms. The van der Waals surface area contributed by atoms with Gasteiger partial charge in [0.15, 0.2) is 12.4 Å². The van der Waals surface area contributed by atoms with E-state index >= 15 is 0 Å². The largest absolute Gasteiger partial charge is 0.545 e. The predicted molar refractivity (Wildman–Crippen MR) is 380 cm³/mol. The van der Waals surface area contributed by atoms with Gasteiger partial charge in [0, 0.05) is 12.8 Å². The van der Waals surface area contributed by atoms with E-state index < -0.39 is 24.3 Å². The third kappa shape index (κ3) is 72.8. The number of carbonyl (C=O) groups is 3. The molecule has 0 rings (SSSR count). The number of hydrogen-bond donors (Lipinski definition) is 0. The van der Waals surface area contributed by atoms with E-state index in [9.17, 15) is 19.5 Å². The van der Waals surface area contributed by atoms with Gasteiger partial charge in [0.05, 0.1) is 40.3 Å². The number of nitrogens with zero attached hydrogens (tertiary/aromatic N) is 1. The SMILES string of the molecule is CCCCCCC/C=C\C/C=C\CCCCCCCCCCCCCCCCCC(=O)OC(COC(=O)CCCCCCCCCCCCCCCCCCCCCCCCCCC/C=C\CCCCCCCCCC)COC(OCC[N+](C)(C)C)C(=O)[O-]. The molecule has 0 aliphatic rings. The lowest BCUT2D eigenvalue weighted by atomic mass is 10.0. The Bertz CT molecular complexity index is 1550. The highest BCUT2D eigenvalue weighted by atomic mass is 16.7. The highest BCUT2D eigenvalue weighted by Crippen LogP contribution is 2.19. The Morgan fingerprint density at radius 1 is 0.337 bits per heavy atom. The monoisotopic (exact) mass is 1250 g/mol. The van der Waals surface area contributed by atoms with Gasteiger partial charge in [-0.3, -0.25) is 9.59 Å². The summed E-state index contributed by atoms with van der Waals surface area (Å²) in [5.41, 5.74) is 0. The van der Waals surface area contributed by atoms with Crippen LogP contribution in [0.5, 0.6) is 0 Å². The van der Waals surface area contributed by atoms with Crippen molar-refractivity contribution in [3.8, 4) is 0 Å². The molecule has 0 fully saturated rings. The van der Waals surface area contributed by atoms with Crippen LogP contribution < -0.4 is 5.11 Å². The number of likely N-dealkylation sites (N-methyl/N-ethyl adjacent to an activating group) is 1. The van der Waals surface area contributed by atoms with Crippen LogP contribution in [-0.2, 0) is 33.3 Å². The Morgan fingerprint density at radius 2 is 0.607 bits per heavy atom. The average Bonchev–Trinajstić information content (AvgIpc) is 3.64. The molecule has 0 N–H and O–H groups in total. The molecule has 0 heterocycles. The fourth-order valence-electron chi connectivity index (χ4n) is 11.9. The number of carboxylic acids is 1. The quantitative estimate of drug-likeness (QED) is 0.0195. The van der Waals surface area contributed by atoms with E-state index in [1.165, 1.54) is 327 Å². The zero-order valence-corrected chi connectivity index (χ0v) is 60.1. The fraction of sp³-hybridized carbons (Fsp3) is 0.887. The molecule has 2 unspecified atom stereocenters. The number of ether oxygens (including phenoxy) is 4. The van der Waals surface area contributed by atoms with Crippen LogP contribution in [0.25, 0.3) is 0 Å². The van der Waals surface area contributed by atoms with Gasteiger partial charge in [0.1, 0.15) is 13.2 Å². The second-order valence-electron chi connectivity index (χ2n) is 28.0. The van der Waals surface area contributed by atoms with Crippen molar-refractivity contribution in [1.82, 2.24) is 0 Å². The zero-order chi connectivity index (χ0) is 64.7. The first-order chi connectivity index (χ1) is 43.6. The van der Waals surface area contributed by atoms with Crippen molar-refractivity contribution < 1.29 is 42.9 Å². The highest BCUT2D eigenvalue weighted by molar-refractivity contribution is 5.70. The number of esters is 2. The van der Waals surface area contributed by atoms with Crippen molar-refractivity contribution in [3.05, 3.63) is 36.5 Å². The van der Waals surface area contributed by atoms with Crippen LogP contribution in [0.4, 0.5) is 0 Å². The summed E-state index contributed by atoms with van der Waals surface area (Å²) >= 11 is 0. The van der Waals surface area contributed by atoms with E-state index in [0.29, 0.717) is 23.9 Å². The second-order valence-corrected chi connectivity index (χ2v) is 28.0. The first-order valence-electron chi connectivity index (χ1n) is 39.1. The summed E-state index contributed by atoms with van der Waals surface area (Å²) in [6.07, 6.45) is 88.4. The van der Waals surface area contributed by atoms with Gasteiger partial charge >= 0.3 is 11.9 Å². The first-order valence-corrected chi connectivity index (χ1v) is 39.1. The number of hydrogen-bond acceptors (Lipinski definition) is 8. The normalized spacial score (nSPS) is 12.8. The number of unbranched alkanes of at least 4 members (excludes halogenated alkanes) is 53. The van der Waals surface area contributed by atoms with Gasteiger partial charge in [-0.2, -0.15) is 0 Å². The highest BCUT2D eigenvalue weighted by Gasteiger charge is 2.22. The number of carbonyl (C=O) groups excluding carboxylic acids is 3. The minimum absolute atomic E-state index is 0.150. The topological polar surface area (TPSA) is 111 Å². The average molecular weight is 1260 g/mol. The second kappa shape index (κ2) is 71.4. The summed E-state index contributed by atoms with van der Waals surface area (Å²) in [6, 6.07) is 0. The van der Waals surface area contributed by atoms with E-state index in [1.54, 1.807) is 0 Å². The van der Waals surface area contributed by atoms with Gasteiger partial charge < -0.3 is 33.3 Å². The third-order valence-electron chi connectivity index (χ3n) is 17.9. The third-order valence-corrected chi connectivity index (χ3v) is 17.9. The molecular formula is C80H151NO8. The van der Waals surface area contributed by atoms with Crippen LogP contribution in [0, 0.1) is 0 Å². The maximum absolute atomic E-state index is 13.0. The van der Waals surface area contributed by atoms with Gasteiger partial charge in [-0.25, -0.2) is 0 Å². The van der Waals surface area contributed by atoms with Crippen LogP contribution in [0.2, 0.25) is 0 Å². The Hall–Kier alpha value is -2.49.